The highest BCUT2D eigenvalue weighted by Crippen LogP contribution is 2.46. The minimum atomic E-state index is -0.859. The zero-order chi connectivity index (χ0) is 18.8. The quantitative estimate of drug-likeness (QED) is 0.699. The fraction of sp³-hybridized carbons (Fsp3) is 0.435. The number of hydrogen-bond donors (Lipinski definition) is 1. The van der Waals surface area contributed by atoms with Crippen LogP contribution in [0.2, 0.25) is 0 Å². The smallest absolute Gasteiger partial charge is 0.306 e. The van der Waals surface area contributed by atoms with Crippen molar-refractivity contribution in [3.8, 4) is 5.75 Å². The maximum Gasteiger partial charge on any atom is 0.306 e. The van der Waals surface area contributed by atoms with Crippen LogP contribution in [0.4, 0.5) is 0 Å². The highest BCUT2D eigenvalue weighted by molar-refractivity contribution is 5.67. The van der Waals surface area contributed by atoms with E-state index in [0.29, 0.717) is 6.61 Å². The van der Waals surface area contributed by atoms with Gasteiger partial charge in [-0.1, -0.05) is 30.3 Å². The number of carboxylic acids is 1. The summed E-state index contributed by atoms with van der Waals surface area (Å²) in [6, 6.07) is 14.3. The summed E-state index contributed by atoms with van der Waals surface area (Å²) in [7, 11) is 0. The molecule has 4 heteroatoms. The van der Waals surface area contributed by atoms with E-state index >= 15 is 0 Å². The summed E-state index contributed by atoms with van der Waals surface area (Å²) < 4.78 is 11.9. The highest BCUT2D eigenvalue weighted by atomic mass is 16.5. The lowest BCUT2D eigenvalue weighted by Crippen LogP contribution is -2.10. The molecule has 1 saturated carbocycles. The Balaban J connectivity index is 1.47. The number of hydrogen-bond acceptors (Lipinski definition) is 3. The van der Waals surface area contributed by atoms with E-state index in [9.17, 15) is 4.79 Å². The summed E-state index contributed by atoms with van der Waals surface area (Å²) in [5.41, 5.74) is 5.23. The molecule has 2 atom stereocenters. The van der Waals surface area contributed by atoms with Gasteiger partial charge in [0.25, 0.3) is 0 Å². The number of carboxylic acid groups (broad SMARTS) is 1. The maximum atomic E-state index is 11.0. The highest BCUT2D eigenvalue weighted by Gasteiger charge is 2.32. The van der Waals surface area contributed by atoms with Crippen LogP contribution in [0.25, 0.3) is 0 Å². The third kappa shape index (κ3) is 4.01. The van der Waals surface area contributed by atoms with Gasteiger partial charge >= 0.3 is 5.97 Å². The largest absolute Gasteiger partial charge is 0.486 e. The molecular formula is C23H26O4. The molecule has 0 spiro atoms. The van der Waals surface area contributed by atoms with Crippen LogP contribution in [-0.4, -0.2) is 17.7 Å². The summed E-state index contributed by atoms with van der Waals surface area (Å²) in [6.07, 6.45) is 4.40. The number of benzene rings is 2. The Morgan fingerprint density at radius 1 is 1.11 bits per heavy atom. The second-order valence-corrected chi connectivity index (χ2v) is 7.45. The van der Waals surface area contributed by atoms with Crippen LogP contribution >= 0.6 is 0 Å². The van der Waals surface area contributed by atoms with Crippen molar-refractivity contribution in [3.05, 3.63) is 64.7 Å². The maximum absolute atomic E-state index is 11.0. The topological polar surface area (TPSA) is 55.8 Å². The fourth-order valence-corrected chi connectivity index (χ4v) is 4.10. The second-order valence-electron chi connectivity index (χ2n) is 7.45. The van der Waals surface area contributed by atoms with Crippen LogP contribution < -0.4 is 4.74 Å². The second kappa shape index (κ2) is 7.73. The summed E-state index contributed by atoms with van der Waals surface area (Å²) in [4.78, 5) is 11.0. The molecule has 0 heterocycles. The number of ether oxygens (including phenoxy) is 2. The molecule has 1 unspecified atom stereocenters. The van der Waals surface area contributed by atoms with E-state index in [0.717, 1.165) is 30.1 Å². The standard InChI is InChI=1S/C23H26O4/c1-2-26-22(14-23(24)25)16-8-10-17(11-9-16)27-21-13-12-19-18(15-6-7-15)4-3-5-20(19)21/h3-5,8-11,15,21-22H,2,6-7,12-14H2,1H3,(H,24,25)/t21?,22-/m0/s1. The first-order chi connectivity index (χ1) is 13.2. The Kier molecular flexibility index (Phi) is 5.17. The Hall–Kier alpha value is -2.33. The van der Waals surface area contributed by atoms with Gasteiger partial charge in [0, 0.05) is 6.61 Å². The lowest BCUT2D eigenvalue weighted by atomic mass is 9.99. The summed E-state index contributed by atoms with van der Waals surface area (Å²) >= 11 is 0. The van der Waals surface area contributed by atoms with Crippen molar-refractivity contribution < 1.29 is 19.4 Å². The molecule has 1 N–H and O–H groups in total. The Morgan fingerprint density at radius 2 is 1.85 bits per heavy atom. The van der Waals surface area contributed by atoms with E-state index in [4.69, 9.17) is 14.6 Å². The third-order valence-electron chi connectivity index (χ3n) is 5.53. The summed E-state index contributed by atoms with van der Waals surface area (Å²) in [6.45, 7) is 2.36. The van der Waals surface area contributed by atoms with Crippen LogP contribution in [0, 0.1) is 0 Å². The van der Waals surface area contributed by atoms with Gasteiger partial charge in [-0.25, -0.2) is 0 Å². The number of rotatable bonds is 8. The molecule has 142 valence electrons. The first kappa shape index (κ1) is 18.1. The molecule has 0 aromatic heterocycles. The first-order valence-corrected chi connectivity index (χ1v) is 9.87. The molecule has 2 aliphatic rings. The van der Waals surface area contributed by atoms with Crippen molar-refractivity contribution in [1.82, 2.24) is 0 Å². The SMILES string of the molecule is CCO[C@@H](CC(=O)O)c1ccc(OC2CCc3c(C4CC4)cccc32)cc1. The average Bonchev–Trinajstić information content (AvgIpc) is 3.43. The van der Waals surface area contributed by atoms with Gasteiger partial charge in [0.05, 0.1) is 12.5 Å². The minimum Gasteiger partial charge on any atom is -0.486 e. The third-order valence-corrected chi connectivity index (χ3v) is 5.53. The monoisotopic (exact) mass is 366 g/mol. The van der Waals surface area contributed by atoms with E-state index in [1.807, 2.05) is 31.2 Å². The van der Waals surface area contributed by atoms with Crippen LogP contribution in [0.15, 0.2) is 42.5 Å². The molecule has 27 heavy (non-hydrogen) atoms. The van der Waals surface area contributed by atoms with Crippen molar-refractivity contribution >= 4 is 5.97 Å². The number of fused-ring (bicyclic) bond motifs is 1. The van der Waals surface area contributed by atoms with E-state index in [1.54, 1.807) is 0 Å². The van der Waals surface area contributed by atoms with Gasteiger partial charge in [-0.05, 0) is 72.9 Å². The lowest BCUT2D eigenvalue weighted by Gasteiger charge is -2.18. The normalized spacial score (nSPS) is 19.5. The number of aliphatic carboxylic acids is 1. The van der Waals surface area contributed by atoms with Crippen molar-refractivity contribution in [2.75, 3.05) is 6.61 Å². The van der Waals surface area contributed by atoms with Gasteiger partial charge in [-0.3, -0.25) is 4.79 Å². The molecule has 4 nitrogen and oxygen atoms in total. The van der Waals surface area contributed by atoms with Crippen LogP contribution in [-0.2, 0) is 16.0 Å². The predicted octanol–water partition coefficient (Wildman–Crippen LogP) is 5.18. The van der Waals surface area contributed by atoms with Crippen molar-refractivity contribution in [1.29, 1.82) is 0 Å². The Bertz CT molecular complexity index is 808. The average molecular weight is 366 g/mol. The van der Waals surface area contributed by atoms with Gasteiger partial charge in [0.2, 0.25) is 0 Å². The van der Waals surface area contributed by atoms with E-state index < -0.39 is 12.1 Å². The molecule has 0 aliphatic heterocycles. The molecule has 0 amide bonds. The molecule has 2 aromatic rings. The van der Waals surface area contributed by atoms with Gasteiger partial charge in [0.1, 0.15) is 11.9 Å². The van der Waals surface area contributed by atoms with Crippen molar-refractivity contribution in [2.24, 2.45) is 0 Å². The van der Waals surface area contributed by atoms with Crippen LogP contribution in [0.1, 0.15) is 73.0 Å². The number of carbonyl (C=O) groups is 1. The van der Waals surface area contributed by atoms with Crippen molar-refractivity contribution in [2.45, 2.75) is 57.2 Å². The lowest BCUT2D eigenvalue weighted by molar-refractivity contribution is -0.140. The molecule has 4 rings (SSSR count). The molecule has 0 saturated heterocycles. The van der Waals surface area contributed by atoms with Gasteiger partial charge in [-0.15, -0.1) is 0 Å². The molecule has 1 fully saturated rings. The molecule has 2 aliphatic carbocycles. The van der Waals surface area contributed by atoms with Gasteiger partial charge in [-0.2, -0.15) is 0 Å². The molecular weight excluding hydrogens is 340 g/mol. The van der Waals surface area contributed by atoms with E-state index in [-0.39, 0.29) is 12.5 Å². The van der Waals surface area contributed by atoms with Crippen LogP contribution in [0.5, 0.6) is 5.75 Å². The molecule has 2 aromatic carbocycles. The zero-order valence-corrected chi connectivity index (χ0v) is 15.7. The Morgan fingerprint density at radius 3 is 2.52 bits per heavy atom. The first-order valence-electron chi connectivity index (χ1n) is 9.87. The molecule has 0 bridgehead atoms. The zero-order valence-electron chi connectivity index (χ0n) is 15.7. The summed E-state index contributed by atoms with van der Waals surface area (Å²) in [5, 5.41) is 9.07. The van der Waals surface area contributed by atoms with Gasteiger partial charge < -0.3 is 14.6 Å². The summed E-state index contributed by atoms with van der Waals surface area (Å²) in [5.74, 6) is 0.726. The van der Waals surface area contributed by atoms with E-state index in [2.05, 4.69) is 18.2 Å². The van der Waals surface area contributed by atoms with Crippen molar-refractivity contribution in [3.63, 3.8) is 0 Å². The predicted molar refractivity (Wildman–Crippen MR) is 103 cm³/mol. The Labute approximate surface area is 160 Å². The fourth-order valence-electron chi connectivity index (χ4n) is 4.10. The van der Waals surface area contributed by atoms with E-state index in [1.165, 1.54) is 29.5 Å². The molecule has 0 radical (unpaired) electrons. The van der Waals surface area contributed by atoms with Crippen LogP contribution in [0.3, 0.4) is 0 Å². The minimum absolute atomic E-state index is 0.0337. The van der Waals surface area contributed by atoms with Gasteiger partial charge in [0.15, 0.2) is 0 Å².